The summed E-state index contributed by atoms with van der Waals surface area (Å²) in [4.78, 5) is 11.9. The molecule has 0 saturated carbocycles. The SMILES string of the molecule is CCCCNC(=O)c1ccc(CS(=O)Cc2ccccc2Cl)o1. The molecule has 1 atom stereocenters. The van der Waals surface area contributed by atoms with E-state index in [2.05, 4.69) is 12.2 Å². The molecule has 1 N–H and O–H groups in total. The Morgan fingerprint density at radius 2 is 2.00 bits per heavy atom. The molecular formula is C17H20ClNO3S. The second kappa shape index (κ2) is 8.89. The van der Waals surface area contributed by atoms with Gasteiger partial charge in [0, 0.05) is 22.4 Å². The molecule has 2 aromatic rings. The van der Waals surface area contributed by atoms with Crippen LogP contribution in [0, 0.1) is 0 Å². The van der Waals surface area contributed by atoms with E-state index in [1.807, 2.05) is 18.2 Å². The minimum Gasteiger partial charge on any atom is -0.455 e. The molecule has 0 aliphatic heterocycles. The largest absolute Gasteiger partial charge is 0.455 e. The average Bonchev–Trinajstić information content (AvgIpc) is 2.98. The number of unbranched alkanes of at least 4 members (excludes halogenated alkanes) is 1. The van der Waals surface area contributed by atoms with Crippen molar-refractivity contribution in [1.82, 2.24) is 5.32 Å². The molecule has 1 unspecified atom stereocenters. The fourth-order valence-corrected chi connectivity index (χ4v) is 3.50. The Bertz CT molecular complexity index is 684. The summed E-state index contributed by atoms with van der Waals surface area (Å²) in [5, 5.41) is 3.40. The van der Waals surface area contributed by atoms with Gasteiger partial charge in [0.25, 0.3) is 5.91 Å². The van der Waals surface area contributed by atoms with Crippen molar-refractivity contribution in [3.8, 4) is 0 Å². The van der Waals surface area contributed by atoms with E-state index < -0.39 is 10.8 Å². The van der Waals surface area contributed by atoms with Crippen LogP contribution >= 0.6 is 11.6 Å². The molecule has 0 saturated heterocycles. The number of hydrogen-bond donors (Lipinski definition) is 1. The van der Waals surface area contributed by atoms with Crippen LogP contribution in [0.15, 0.2) is 40.8 Å². The molecule has 0 radical (unpaired) electrons. The molecule has 2 rings (SSSR count). The highest BCUT2D eigenvalue weighted by atomic mass is 35.5. The molecule has 0 aliphatic rings. The van der Waals surface area contributed by atoms with Crippen LogP contribution in [0.2, 0.25) is 5.02 Å². The van der Waals surface area contributed by atoms with Gasteiger partial charge in [-0.1, -0.05) is 43.1 Å². The lowest BCUT2D eigenvalue weighted by Crippen LogP contribution is -2.23. The third kappa shape index (κ3) is 5.52. The van der Waals surface area contributed by atoms with Crippen molar-refractivity contribution in [3.05, 3.63) is 58.5 Å². The van der Waals surface area contributed by atoms with Gasteiger partial charge in [-0.05, 0) is 30.2 Å². The van der Waals surface area contributed by atoms with Gasteiger partial charge in [-0.25, -0.2) is 0 Å². The van der Waals surface area contributed by atoms with Gasteiger partial charge in [0.2, 0.25) is 0 Å². The van der Waals surface area contributed by atoms with E-state index in [4.69, 9.17) is 16.0 Å². The van der Waals surface area contributed by atoms with Crippen LogP contribution in [0.5, 0.6) is 0 Å². The molecule has 124 valence electrons. The molecule has 0 aliphatic carbocycles. The second-order valence-corrected chi connectivity index (χ2v) is 7.06. The Hall–Kier alpha value is -1.59. The van der Waals surface area contributed by atoms with E-state index in [-0.39, 0.29) is 17.4 Å². The lowest BCUT2D eigenvalue weighted by atomic mass is 10.2. The first-order chi connectivity index (χ1) is 11.1. The van der Waals surface area contributed by atoms with Crippen molar-refractivity contribution in [2.75, 3.05) is 6.54 Å². The van der Waals surface area contributed by atoms with Crippen molar-refractivity contribution in [2.24, 2.45) is 0 Å². The molecule has 1 amide bonds. The van der Waals surface area contributed by atoms with Crippen molar-refractivity contribution in [2.45, 2.75) is 31.3 Å². The lowest BCUT2D eigenvalue weighted by molar-refractivity contribution is 0.0924. The summed E-state index contributed by atoms with van der Waals surface area (Å²) < 4.78 is 17.7. The smallest absolute Gasteiger partial charge is 0.286 e. The highest BCUT2D eigenvalue weighted by Crippen LogP contribution is 2.18. The molecule has 1 aromatic carbocycles. The number of nitrogens with one attached hydrogen (secondary N) is 1. The lowest BCUT2D eigenvalue weighted by Gasteiger charge is -2.03. The number of halogens is 1. The number of benzene rings is 1. The van der Waals surface area contributed by atoms with Crippen molar-refractivity contribution in [1.29, 1.82) is 0 Å². The maximum Gasteiger partial charge on any atom is 0.286 e. The van der Waals surface area contributed by atoms with Crippen LogP contribution in [0.25, 0.3) is 0 Å². The Kier molecular flexibility index (Phi) is 6.86. The third-order valence-corrected chi connectivity index (χ3v) is 4.89. The first-order valence-electron chi connectivity index (χ1n) is 7.55. The van der Waals surface area contributed by atoms with E-state index >= 15 is 0 Å². The van der Waals surface area contributed by atoms with Gasteiger partial charge in [-0.15, -0.1) is 0 Å². The van der Waals surface area contributed by atoms with Crippen LogP contribution in [0.1, 0.15) is 41.6 Å². The Balaban J connectivity index is 1.90. The quantitative estimate of drug-likeness (QED) is 0.732. The summed E-state index contributed by atoms with van der Waals surface area (Å²) in [6.07, 6.45) is 1.95. The fraction of sp³-hybridized carbons (Fsp3) is 0.353. The van der Waals surface area contributed by atoms with E-state index in [0.717, 1.165) is 18.4 Å². The monoisotopic (exact) mass is 353 g/mol. The van der Waals surface area contributed by atoms with Gasteiger partial charge in [-0.3, -0.25) is 9.00 Å². The summed E-state index contributed by atoms with van der Waals surface area (Å²) in [5.41, 5.74) is 0.844. The molecule has 23 heavy (non-hydrogen) atoms. The molecule has 0 bridgehead atoms. The van der Waals surface area contributed by atoms with Crippen molar-refractivity contribution >= 4 is 28.3 Å². The maximum atomic E-state index is 12.2. The van der Waals surface area contributed by atoms with Gasteiger partial charge in [0.1, 0.15) is 5.76 Å². The summed E-state index contributed by atoms with van der Waals surface area (Å²) in [7, 11) is -1.15. The average molecular weight is 354 g/mol. The Morgan fingerprint density at radius 3 is 2.74 bits per heavy atom. The summed E-state index contributed by atoms with van der Waals surface area (Å²) in [6.45, 7) is 2.69. The molecule has 1 aromatic heterocycles. The Morgan fingerprint density at radius 1 is 1.22 bits per heavy atom. The van der Waals surface area contributed by atoms with E-state index in [1.54, 1.807) is 18.2 Å². The zero-order valence-corrected chi connectivity index (χ0v) is 14.6. The normalized spacial score (nSPS) is 12.1. The second-order valence-electron chi connectivity index (χ2n) is 5.20. The Labute approximate surface area is 143 Å². The number of carbonyl (C=O) groups is 1. The molecule has 6 heteroatoms. The summed E-state index contributed by atoms with van der Waals surface area (Å²) in [5.74, 6) is 1.18. The van der Waals surface area contributed by atoms with Crippen LogP contribution < -0.4 is 5.32 Å². The van der Waals surface area contributed by atoms with Gasteiger partial charge >= 0.3 is 0 Å². The van der Waals surface area contributed by atoms with E-state index in [9.17, 15) is 9.00 Å². The minimum atomic E-state index is -1.15. The predicted octanol–water partition coefficient (Wildman–Crippen LogP) is 3.91. The van der Waals surface area contributed by atoms with Crippen LogP contribution in [0.3, 0.4) is 0 Å². The maximum absolute atomic E-state index is 12.2. The van der Waals surface area contributed by atoms with Gasteiger partial charge in [-0.2, -0.15) is 0 Å². The summed E-state index contributed by atoms with van der Waals surface area (Å²) >= 11 is 6.07. The fourth-order valence-electron chi connectivity index (χ4n) is 2.04. The highest BCUT2D eigenvalue weighted by Gasteiger charge is 2.13. The first kappa shape index (κ1) is 17.8. The standard InChI is InChI=1S/C17H20ClNO3S/c1-2-3-10-19-17(20)16-9-8-14(22-16)12-23(21)11-13-6-4-5-7-15(13)18/h4-9H,2-3,10-12H2,1H3,(H,19,20). The van der Waals surface area contributed by atoms with Crippen molar-refractivity contribution in [3.63, 3.8) is 0 Å². The van der Waals surface area contributed by atoms with Gasteiger partial charge < -0.3 is 9.73 Å². The van der Waals surface area contributed by atoms with E-state index in [0.29, 0.717) is 23.1 Å². The van der Waals surface area contributed by atoms with Crippen LogP contribution in [-0.4, -0.2) is 16.7 Å². The van der Waals surface area contributed by atoms with Gasteiger partial charge in [0.05, 0.1) is 11.5 Å². The predicted molar refractivity (Wildman–Crippen MR) is 93.0 cm³/mol. The molecule has 1 heterocycles. The number of hydrogen-bond acceptors (Lipinski definition) is 3. The molecule has 0 fully saturated rings. The third-order valence-electron chi connectivity index (χ3n) is 3.28. The molecular weight excluding hydrogens is 334 g/mol. The number of carbonyl (C=O) groups excluding carboxylic acids is 1. The number of amides is 1. The first-order valence-corrected chi connectivity index (χ1v) is 9.42. The van der Waals surface area contributed by atoms with Crippen molar-refractivity contribution < 1.29 is 13.4 Å². The summed E-state index contributed by atoms with van der Waals surface area (Å²) in [6, 6.07) is 10.6. The van der Waals surface area contributed by atoms with Crippen LogP contribution in [-0.2, 0) is 22.3 Å². The van der Waals surface area contributed by atoms with Gasteiger partial charge in [0.15, 0.2) is 5.76 Å². The zero-order valence-electron chi connectivity index (χ0n) is 13.0. The highest BCUT2D eigenvalue weighted by molar-refractivity contribution is 7.83. The minimum absolute atomic E-state index is 0.235. The molecule has 0 spiro atoms. The zero-order chi connectivity index (χ0) is 16.7. The topological polar surface area (TPSA) is 59.3 Å². The van der Waals surface area contributed by atoms with Crippen LogP contribution in [0.4, 0.5) is 0 Å². The number of rotatable bonds is 8. The van der Waals surface area contributed by atoms with E-state index in [1.165, 1.54) is 0 Å². The number of furan rings is 1. The molecule has 4 nitrogen and oxygen atoms in total.